The summed E-state index contributed by atoms with van der Waals surface area (Å²) in [4.78, 5) is 14.7. The van der Waals surface area contributed by atoms with E-state index in [2.05, 4.69) is 0 Å². The summed E-state index contributed by atoms with van der Waals surface area (Å²) < 4.78 is 17.8. The molecule has 3 aliphatic rings. The Morgan fingerprint density at radius 1 is 1.18 bits per heavy atom. The van der Waals surface area contributed by atoms with E-state index in [0.29, 0.717) is 44.1 Å². The summed E-state index contributed by atoms with van der Waals surface area (Å²) in [6.07, 6.45) is 5.52. The van der Waals surface area contributed by atoms with Gasteiger partial charge in [-0.1, -0.05) is 6.42 Å². The minimum Gasteiger partial charge on any atom is -0.487 e. The summed E-state index contributed by atoms with van der Waals surface area (Å²) in [7, 11) is 0. The van der Waals surface area contributed by atoms with E-state index < -0.39 is 6.10 Å². The summed E-state index contributed by atoms with van der Waals surface area (Å²) in [5.74, 6) is 0.985. The van der Waals surface area contributed by atoms with Crippen LogP contribution < -0.4 is 4.74 Å². The normalized spacial score (nSPS) is 24.2. The summed E-state index contributed by atoms with van der Waals surface area (Å²) in [5, 5.41) is 11.9. The zero-order valence-electron chi connectivity index (χ0n) is 16.3. The van der Waals surface area contributed by atoms with Crippen LogP contribution in [0.15, 0.2) is 16.5 Å². The first-order chi connectivity index (χ1) is 13.6. The monoisotopic (exact) mass is 385 g/mol. The number of aryl methyl sites for hydroxylation is 1. The molecule has 28 heavy (non-hydrogen) atoms. The minimum absolute atomic E-state index is 0.110. The topological polar surface area (TPSA) is 72.1 Å². The van der Waals surface area contributed by atoms with E-state index in [1.165, 1.54) is 6.42 Å². The molecule has 1 saturated carbocycles. The third-order valence-corrected chi connectivity index (χ3v) is 6.58. The van der Waals surface area contributed by atoms with Crippen LogP contribution in [-0.4, -0.2) is 47.8 Å². The van der Waals surface area contributed by atoms with Crippen molar-refractivity contribution in [2.24, 2.45) is 0 Å². The molecule has 1 amide bonds. The molecule has 6 nitrogen and oxygen atoms in total. The summed E-state index contributed by atoms with van der Waals surface area (Å²) in [5.41, 5.74) is 1.94. The lowest BCUT2D eigenvalue weighted by atomic mass is 9.77. The van der Waals surface area contributed by atoms with Gasteiger partial charge < -0.3 is 23.9 Å². The Bertz CT molecular complexity index is 905. The fourth-order valence-electron chi connectivity index (χ4n) is 5.12. The molecule has 5 rings (SSSR count). The van der Waals surface area contributed by atoms with Crippen LogP contribution in [0.4, 0.5) is 0 Å². The van der Waals surface area contributed by atoms with E-state index in [4.69, 9.17) is 13.9 Å². The largest absolute Gasteiger partial charge is 0.487 e. The van der Waals surface area contributed by atoms with Gasteiger partial charge in [0.2, 0.25) is 0 Å². The molecule has 1 unspecified atom stereocenters. The van der Waals surface area contributed by atoms with Crippen LogP contribution in [0.2, 0.25) is 0 Å². The van der Waals surface area contributed by atoms with Crippen molar-refractivity contribution in [3.63, 3.8) is 0 Å². The van der Waals surface area contributed by atoms with Gasteiger partial charge >= 0.3 is 0 Å². The molecule has 2 fully saturated rings. The van der Waals surface area contributed by atoms with E-state index in [-0.39, 0.29) is 11.5 Å². The van der Waals surface area contributed by atoms with E-state index in [1.54, 1.807) is 4.90 Å². The molecular weight excluding hydrogens is 358 g/mol. The number of aliphatic hydroxyl groups is 1. The first-order valence-corrected chi connectivity index (χ1v) is 10.4. The van der Waals surface area contributed by atoms with E-state index in [1.807, 2.05) is 19.1 Å². The molecule has 0 bridgehead atoms. The van der Waals surface area contributed by atoms with Gasteiger partial charge in [-0.25, -0.2) is 0 Å². The maximum Gasteiger partial charge on any atom is 0.290 e. The van der Waals surface area contributed by atoms with Crippen LogP contribution >= 0.6 is 0 Å². The number of nitrogens with zero attached hydrogens (tertiary/aromatic N) is 1. The van der Waals surface area contributed by atoms with E-state index in [9.17, 15) is 9.90 Å². The molecule has 1 aromatic heterocycles. The van der Waals surface area contributed by atoms with Crippen molar-refractivity contribution < 1.29 is 23.8 Å². The second-order valence-corrected chi connectivity index (χ2v) is 8.38. The molecule has 3 heterocycles. The van der Waals surface area contributed by atoms with Crippen molar-refractivity contribution >= 4 is 16.9 Å². The molecule has 1 N–H and O–H groups in total. The molecule has 1 aromatic carbocycles. The van der Waals surface area contributed by atoms with Crippen LogP contribution in [0.25, 0.3) is 11.0 Å². The standard InChI is InChI=1S/C22H27NO5/c1-14-18-16(27-20(14)21(25)23-9-11-26-12-10-23)5-6-17-19(18)15(24)13-22(28-17)7-3-2-4-8-22/h5-6,15,24H,2-4,7-13H2,1H3. The Morgan fingerprint density at radius 2 is 1.93 bits per heavy atom. The van der Waals surface area contributed by atoms with Crippen molar-refractivity contribution in [3.8, 4) is 5.75 Å². The van der Waals surface area contributed by atoms with Gasteiger partial charge in [-0.15, -0.1) is 0 Å². The number of carbonyl (C=O) groups excluding carboxylic acids is 1. The highest BCUT2D eigenvalue weighted by Crippen LogP contribution is 2.49. The Morgan fingerprint density at radius 3 is 2.68 bits per heavy atom. The zero-order chi connectivity index (χ0) is 19.3. The van der Waals surface area contributed by atoms with Crippen LogP contribution in [0, 0.1) is 6.92 Å². The fourth-order valence-corrected chi connectivity index (χ4v) is 5.12. The second kappa shape index (κ2) is 6.78. The Hall–Kier alpha value is -2.05. The lowest BCUT2D eigenvalue weighted by molar-refractivity contribution is -0.0373. The maximum absolute atomic E-state index is 13.0. The molecule has 1 atom stereocenters. The van der Waals surface area contributed by atoms with Crippen LogP contribution in [0.5, 0.6) is 5.75 Å². The van der Waals surface area contributed by atoms with Gasteiger partial charge in [-0.2, -0.15) is 0 Å². The van der Waals surface area contributed by atoms with Crippen molar-refractivity contribution in [2.45, 2.75) is 57.2 Å². The summed E-state index contributed by atoms with van der Waals surface area (Å²) in [6.45, 7) is 4.14. The fraction of sp³-hybridized carbons (Fsp3) is 0.591. The minimum atomic E-state index is -0.604. The van der Waals surface area contributed by atoms with Crippen molar-refractivity contribution in [1.29, 1.82) is 0 Å². The number of hydrogen-bond donors (Lipinski definition) is 1. The van der Waals surface area contributed by atoms with Gasteiger partial charge in [-0.05, 0) is 44.7 Å². The van der Waals surface area contributed by atoms with Gasteiger partial charge in [0.15, 0.2) is 5.76 Å². The van der Waals surface area contributed by atoms with Crippen molar-refractivity contribution in [1.82, 2.24) is 4.90 Å². The van der Waals surface area contributed by atoms with Crippen LogP contribution in [0.3, 0.4) is 0 Å². The third kappa shape index (κ3) is 2.81. The molecule has 2 aliphatic heterocycles. The Kier molecular flexibility index (Phi) is 4.36. The molecule has 1 spiro atoms. The van der Waals surface area contributed by atoms with Crippen molar-refractivity contribution in [2.75, 3.05) is 26.3 Å². The first kappa shape index (κ1) is 18.0. The molecule has 1 saturated heterocycles. The molecule has 0 radical (unpaired) electrons. The quantitative estimate of drug-likeness (QED) is 0.810. The third-order valence-electron chi connectivity index (χ3n) is 6.58. The predicted octanol–water partition coefficient (Wildman–Crippen LogP) is 3.73. The first-order valence-electron chi connectivity index (χ1n) is 10.4. The number of benzene rings is 1. The SMILES string of the molecule is Cc1c(C(=O)N2CCOCC2)oc2ccc3c(c12)C(O)CC1(CCCCC1)O3. The number of carbonyl (C=O) groups is 1. The number of amides is 1. The average Bonchev–Trinajstić information content (AvgIpc) is 3.05. The maximum atomic E-state index is 13.0. The number of morpholine rings is 1. The number of hydrogen-bond acceptors (Lipinski definition) is 5. The van der Waals surface area contributed by atoms with Gasteiger partial charge in [0.25, 0.3) is 5.91 Å². The second-order valence-electron chi connectivity index (χ2n) is 8.38. The smallest absolute Gasteiger partial charge is 0.290 e. The lowest BCUT2D eigenvalue weighted by Crippen LogP contribution is -2.42. The summed E-state index contributed by atoms with van der Waals surface area (Å²) >= 11 is 0. The molecule has 6 heteroatoms. The van der Waals surface area contributed by atoms with E-state index >= 15 is 0 Å². The Labute approximate surface area is 164 Å². The van der Waals surface area contributed by atoms with Crippen LogP contribution in [0.1, 0.15) is 66.3 Å². The Balaban J connectivity index is 1.55. The average molecular weight is 385 g/mol. The number of aliphatic hydroxyl groups excluding tert-OH is 1. The number of rotatable bonds is 1. The van der Waals surface area contributed by atoms with Gasteiger partial charge in [-0.3, -0.25) is 4.79 Å². The highest BCUT2D eigenvalue weighted by atomic mass is 16.5. The summed E-state index contributed by atoms with van der Waals surface area (Å²) in [6, 6.07) is 3.76. The predicted molar refractivity (Wildman–Crippen MR) is 104 cm³/mol. The van der Waals surface area contributed by atoms with Gasteiger partial charge in [0, 0.05) is 36.0 Å². The highest BCUT2D eigenvalue weighted by Gasteiger charge is 2.42. The van der Waals surface area contributed by atoms with E-state index in [0.717, 1.165) is 47.9 Å². The lowest BCUT2D eigenvalue weighted by Gasteiger charge is -2.43. The van der Waals surface area contributed by atoms with Gasteiger partial charge in [0.05, 0.1) is 19.3 Å². The molecule has 2 aromatic rings. The van der Waals surface area contributed by atoms with Crippen molar-refractivity contribution in [3.05, 3.63) is 29.0 Å². The van der Waals surface area contributed by atoms with Gasteiger partial charge in [0.1, 0.15) is 16.9 Å². The number of ether oxygens (including phenoxy) is 2. The zero-order valence-corrected chi connectivity index (χ0v) is 16.3. The number of fused-ring (bicyclic) bond motifs is 3. The highest BCUT2D eigenvalue weighted by molar-refractivity contribution is 6.00. The molecular formula is C22H27NO5. The molecule has 1 aliphatic carbocycles. The van der Waals surface area contributed by atoms with Crippen LogP contribution in [-0.2, 0) is 4.74 Å². The number of furan rings is 1. The molecule has 150 valence electrons.